The Morgan fingerprint density at radius 1 is 1.10 bits per heavy atom. The first kappa shape index (κ1) is 36.7. The van der Waals surface area contributed by atoms with Crippen molar-refractivity contribution in [1.29, 1.82) is 0 Å². The van der Waals surface area contributed by atoms with Gasteiger partial charge in [-0.25, -0.2) is 0 Å². The topological polar surface area (TPSA) is 138 Å². The zero-order valence-corrected chi connectivity index (χ0v) is 28.5. The number of carbonyl (C=O) groups excluding carboxylic acids is 4. The van der Waals surface area contributed by atoms with E-state index in [0.29, 0.717) is 77.9 Å². The second-order valence-corrected chi connectivity index (χ2v) is 13.4. The number of allylic oxidation sites excluding steroid dienone is 1. The molecule has 0 aliphatic carbocycles. The Bertz CT molecular complexity index is 1320. The Morgan fingerprint density at radius 3 is 2.59 bits per heavy atom. The van der Waals surface area contributed by atoms with E-state index >= 15 is 0 Å². The minimum atomic E-state index is -1.13. The van der Waals surface area contributed by atoms with E-state index in [9.17, 15) is 24.3 Å². The second kappa shape index (κ2) is 17.4. The monoisotopic (exact) mass is 680 g/mol. The van der Waals surface area contributed by atoms with E-state index in [-0.39, 0.29) is 43.3 Å². The van der Waals surface area contributed by atoms with Crippen molar-refractivity contribution in [2.75, 3.05) is 65.7 Å². The highest BCUT2D eigenvalue weighted by Crippen LogP contribution is 2.58. The summed E-state index contributed by atoms with van der Waals surface area (Å²) in [7, 11) is 0. The maximum absolute atomic E-state index is 14.6. The lowest BCUT2D eigenvalue weighted by molar-refractivity contribution is -0.148. The standard InChI is InChI=1S/C37H52N4O8/c1-3-5-14-30(43)48-26-28(27-12-8-6-9-13-27)38-34(44)31-29-15-16-37(49-29)32(31)35(45)41(18-10-7-11-23-42)33(37)36(46)40(17-4-2)20-19-39-21-24-47-25-22-39/h3-4,6,8-9,12-13,28-29,31-33,42H,1-2,5,7,10-11,14-26H2,(H,38,44)/t28-,29+,31-,32-,33+,37-/m1/s1. The molecule has 5 rings (SSSR count). The molecule has 0 saturated carbocycles. The Morgan fingerprint density at radius 2 is 1.88 bits per heavy atom. The number of likely N-dealkylation sites (tertiary alicyclic amines) is 1. The van der Waals surface area contributed by atoms with Crippen LogP contribution in [-0.4, -0.2) is 127 Å². The molecule has 0 radical (unpaired) electrons. The number of unbranched alkanes of at least 4 members (excludes halogenated alkanes) is 2. The third kappa shape index (κ3) is 8.25. The van der Waals surface area contributed by atoms with Gasteiger partial charge in [-0.3, -0.25) is 24.1 Å². The summed E-state index contributed by atoms with van der Waals surface area (Å²) in [5, 5.41) is 12.4. The van der Waals surface area contributed by atoms with Crippen LogP contribution in [0.2, 0.25) is 0 Å². The number of carbonyl (C=O) groups is 4. The van der Waals surface area contributed by atoms with Crippen LogP contribution in [0.5, 0.6) is 0 Å². The molecule has 268 valence electrons. The van der Waals surface area contributed by atoms with Crippen LogP contribution in [0.4, 0.5) is 0 Å². The van der Waals surface area contributed by atoms with Gasteiger partial charge in [0.2, 0.25) is 17.7 Å². The molecule has 12 heteroatoms. The number of esters is 1. The van der Waals surface area contributed by atoms with Gasteiger partial charge in [-0.15, -0.1) is 13.2 Å². The SMILES string of the molecule is C=CCCC(=O)OC[C@@H](NC(=O)[C@@H]1[C@@H]2CC[C@]3(O2)[C@H](C(=O)N(CC=C)CCN2CCOCC2)N(CCCCCO)C(=O)[C@@H]13)c1ccccc1. The summed E-state index contributed by atoms with van der Waals surface area (Å²) in [5.41, 5.74) is -0.363. The Hall–Kier alpha value is -3.58. The highest BCUT2D eigenvalue weighted by molar-refractivity contribution is 5.99. The molecular weight excluding hydrogens is 628 g/mol. The minimum absolute atomic E-state index is 0.0523. The zero-order valence-electron chi connectivity index (χ0n) is 28.5. The van der Waals surface area contributed by atoms with Crippen molar-refractivity contribution in [2.24, 2.45) is 11.8 Å². The summed E-state index contributed by atoms with van der Waals surface area (Å²) in [4.78, 5) is 61.3. The number of aliphatic hydroxyl groups excluding tert-OH is 1. The van der Waals surface area contributed by atoms with Crippen molar-refractivity contribution < 1.29 is 38.5 Å². The summed E-state index contributed by atoms with van der Waals surface area (Å²) in [5.74, 6) is -2.81. The number of ether oxygens (including phenoxy) is 3. The lowest BCUT2D eigenvalue weighted by Gasteiger charge is -2.37. The Balaban J connectivity index is 1.38. The van der Waals surface area contributed by atoms with Crippen LogP contribution in [0.3, 0.4) is 0 Å². The molecule has 4 fully saturated rings. The van der Waals surface area contributed by atoms with Crippen LogP contribution in [0, 0.1) is 11.8 Å². The number of rotatable bonds is 19. The van der Waals surface area contributed by atoms with E-state index in [2.05, 4.69) is 23.4 Å². The zero-order chi connectivity index (χ0) is 34.8. The third-order valence-electron chi connectivity index (χ3n) is 10.3. The predicted octanol–water partition coefficient (Wildman–Crippen LogP) is 2.24. The number of hydrogen-bond acceptors (Lipinski definition) is 9. The number of amides is 3. The number of nitrogens with one attached hydrogen (secondary N) is 1. The fourth-order valence-corrected chi connectivity index (χ4v) is 7.89. The van der Waals surface area contributed by atoms with Crippen LogP contribution in [0.15, 0.2) is 55.6 Å². The summed E-state index contributed by atoms with van der Waals surface area (Å²) in [6, 6.07) is 7.77. The highest BCUT2D eigenvalue weighted by atomic mass is 16.5. The van der Waals surface area contributed by atoms with Crippen molar-refractivity contribution >= 4 is 23.7 Å². The normalized spacial score (nSPS) is 26.6. The van der Waals surface area contributed by atoms with Gasteiger partial charge >= 0.3 is 5.97 Å². The lowest BCUT2D eigenvalue weighted by atomic mass is 9.70. The molecule has 3 amide bonds. The summed E-state index contributed by atoms with van der Waals surface area (Å²) in [6.07, 6.45) is 6.46. The molecule has 4 aliphatic rings. The quantitative estimate of drug-likeness (QED) is 0.128. The average Bonchev–Trinajstić information content (AvgIpc) is 3.77. The smallest absolute Gasteiger partial charge is 0.306 e. The van der Waals surface area contributed by atoms with E-state index in [1.165, 1.54) is 0 Å². The summed E-state index contributed by atoms with van der Waals surface area (Å²) < 4.78 is 17.7. The number of nitrogens with zero attached hydrogens (tertiary/aromatic N) is 3. The fraction of sp³-hybridized carbons (Fsp3) is 0.622. The molecule has 12 nitrogen and oxygen atoms in total. The molecule has 2 N–H and O–H groups in total. The van der Waals surface area contributed by atoms with Crippen LogP contribution >= 0.6 is 0 Å². The molecule has 1 spiro atoms. The van der Waals surface area contributed by atoms with Gasteiger partial charge in [0.25, 0.3) is 0 Å². The van der Waals surface area contributed by atoms with Gasteiger partial charge in [0.15, 0.2) is 0 Å². The Labute approximate surface area is 289 Å². The maximum Gasteiger partial charge on any atom is 0.306 e. The first-order valence-electron chi connectivity index (χ1n) is 17.8. The number of morpholine rings is 1. The molecule has 1 aromatic carbocycles. The van der Waals surface area contributed by atoms with E-state index in [0.717, 1.165) is 18.7 Å². The van der Waals surface area contributed by atoms with Crippen molar-refractivity contribution in [3.63, 3.8) is 0 Å². The molecule has 0 unspecified atom stereocenters. The van der Waals surface area contributed by atoms with Gasteiger partial charge in [0, 0.05) is 52.3 Å². The largest absolute Gasteiger partial charge is 0.463 e. The molecular formula is C37H52N4O8. The third-order valence-corrected chi connectivity index (χ3v) is 10.3. The summed E-state index contributed by atoms with van der Waals surface area (Å²) in [6.45, 7) is 12.2. The van der Waals surface area contributed by atoms with E-state index in [1.54, 1.807) is 22.0 Å². The van der Waals surface area contributed by atoms with Crippen molar-refractivity contribution in [1.82, 2.24) is 20.0 Å². The van der Waals surface area contributed by atoms with Crippen molar-refractivity contribution in [3.8, 4) is 0 Å². The maximum atomic E-state index is 14.6. The number of hydrogen-bond donors (Lipinski definition) is 2. The van der Waals surface area contributed by atoms with Gasteiger partial charge in [-0.05, 0) is 44.1 Å². The number of benzene rings is 1. The first-order valence-corrected chi connectivity index (χ1v) is 17.8. The van der Waals surface area contributed by atoms with Gasteiger partial charge in [0.1, 0.15) is 18.2 Å². The van der Waals surface area contributed by atoms with Gasteiger partial charge in [-0.1, -0.05) is 42.5 Å². The second-order valence-electron chi connectivity index (χ2n) is 13.4. The van der Waals surface area contributed by atoms with Crippen LogP contribution in [0.1, 0.15) is 56.6 Å². The van der Waals surface area contributed by atoms with Gasteiger partial charge in [-0.2, -0.15) is 0 Å². The molecule has 49 heavy (non-hydrogen) atoms. The lowest BCUT2D eigenvalue weighted by Crippen LogP contribution is -2.57. The molecule has 0 aromatic heterocycles. The molecule has 6 atom stereocenters. The average molecular weight is 681 g/mol. The van der Waals surface area contributed by atoms with E-state index < -0.39 is 35.6 Å². The van der Waals surface area contributed by atoms with Crippen LogP contribution < -0.4 is 5.32 Å². The molecule has 4 heterocycles. The fourth-order valence-electron chi connectivity index (χ4n) is 7.89. The van der Waals surface area contributed by atoms with Gasteiger partial charge in [0.05, 0.1) is 37.2 Å². The summed E-state index contributed by atoms with van der Waals surface area (Å²) >= 11 is 0. The van der Waals surface area contributed by atoms with Crippen molar-refractivity contribution in [3.05, 3.63) is 61.2 Å². The van der Waals surface area contributed by atoms with Gasteiger partial charge < -0.3 is 34.4 Å². The molecule has 2 bridgehead atoms. The minimum Gasteiger partial charge on any atom is -0.463 e. The Kier molecular flexibility index (Phi) is 13.0. The molecule has 4 aliphatic heterocycles. The van der Waals surface area contributed by atoms with E-state index in [4.69, 9.17) is 14.2 Å². The molecule has 4 saturated heterocycles. The van der Waals surface area contributed by atoms with Crippen molar-refractivity contribution in [2.45, 2.75) is 68.7 Å². The highest BCUT2D eigenvalue weighted by Gasteiger charge is 2.74. The van der Waals surface area contributed by atoms with Crippen LogP contribution in [-0.2, 0) is 33.4 Å². The molecule has 1 aromatic rings. The predicted molar refractivity (Wildman–Crippen MR) is 182 cm³/mol. The number of aliphatic hydroxyl groups is 1. The van der Waals surface area contributed by atoms with Crippen LogP contribution in [0.25, 0.3) is 0 Å². The number of fused-ring (bicyclic) bond motifs is 1. The first-order chi connectivity index (χ1) is 23.8. The van der Waals surface area contributed by atoms with E-state index in [1.807, 2.05) is 30.3 Å².